The number of nitrogens with zero attached hydrogens (tertiary/aromatic N) is 6. The normalized spacial score (nSPS) is 11.2. The molecule has 0 aliphatic carbocycles. The highest BCUT2D eigenvalue weighted by Gasteiger charge is 2.20. The van der Waals surface area contributed by atoms with Crippen LogP contribution < -0.4 is 5.32 Å². The minimum absolute atomic E-state index is 0.144. The molecular formula is C26H25N7O. The molecular weight excluding hydrogens is 426 g/mol. The van der Waals surface area contributed by atoms with Gasteiger partial charge in [0.25, 0.3) is 5.95 Å². The van der Waals surface area contributed by atoms with Crippen molar-refractivity contribution in [2.75, 3.05) is 5.32 Å². The zero-order chi connectivity index (χ0) is 23.8. The number of hydrogen-bond donors (Lipinski definition) is 1. The highest BCUT2D eigenvalue weighted by atomic mass is 16.1. The monoisotopic (exact) mass is 451 g/mol. The summed E-state index contributed by atoms with van der Waals surface area (Å²) in [7, 11) is 0. The van der Waals surface area contributed by atoms with Crippen LogP contribution in [0.2, 0.25) is 0 Å². The fraction of sp³-hybridized carbons (Fsp3) is 0.192. The van der Waals surface area contributed by atoms with Crippen LogP contribution in [-0.4, -0.2) is 35.0 Å². The van der Waals surface area contributed by atoms with Crippen molar-refractivity contribution < 1.29 is 4.79 Å². The molecule has 0 radical (unpaired) electrons. The second-order valence-corrected chi connectivity index (χ2v) is 8.34. The Morgan fingerprint density at radius 2 is 1.62 bits per heavy atom. The molecule has 5 rings (SSSR count). The Balaban J connectivity index is 1.48. The molecule has 1 N–H and O–H groups in total. The Kier molecular flexibility index (Phi) is 5.41. The molecule has 0 spiro atoms. The molecule has 170 valence electrons. The van der Waals surface area contributed by atoms with E-state index in [1.165, 1.54) is 0 Å². The number of amides is 1. The van der Waals surface area contributed by atoms with Crippen molar-refractivity contribution >= 4 is 17.4 Å². The maximum Gasteiger partial charge on any atom is 0.251 e. The van der Waals surface area contributed by atoms with Crippen LogP contribution >= 0.6 is 0 Å². The first kappa shape index (κ1) is 21.5. The van der Waals surface area contributed by atoms with Gasteiger partial charge >= 0.3 is 0 Å². The fourth-order valence-electron chi connectivity index (χ4n) is 4.18. The predicted molar refractivity (Wildman–Crippen MR) is 131 cm³/mol. The van der Waals surface area contributed by atoms with Crippen LogP contribution in [0.3, 0.4) is 0 Å². The molecule has 34 heavy (non-hydrogen) atoms. The minimum Gasteiger partial charge on any atom is -0.310 e. The van der Waals surface area contributed by atoms with Crippen LogP contribution in [0.4, 0.5) is 5.82 Å². The van der Waals surface area contributed by atoms with E-state index in [9.17, 15) is 4.79 Å². The number of nitrogens with one attached hydrogen (secondary N) is 1. The second-order valence-electron chi connectivity index (χ2n) is 8.34. The molecule has 0 atom stereocenters. The molecule has 0 unspecified atom stereocenters. The first-order valence-corrected chi connectivity index (χ1v) is 11.1. The Bertz CT molecular complexity index is 1500. The molecule has 4 aromatic heterocycles. The highest BCUT2D eigenvalue weighted by molar-refractivity contribution is 5.96. The lowest BCUT2D eigenvalue weighted by Crippen LogP contribution is -2.17. The Morgan fingerprint density at radius 3 is 2.35 bits per heavy atom. The van der Waals surface area contributed by atoms with Gasteiger partial charge in [-0.25, -0.2) is 19.6 Å². The average molecular weight is 452 g/mol. The molecule has 0 aliphatic rings. The van der Waals surface area contributed by atoms with E-state index in [0.717, 1.165) is 45.2 Å². The van der Waals surface area contributed by atoms with E-state index in [4.69, 9.17) is 4.98 Å². The van der Waals surface area contributed by atoms with Gasteiger partial charge in [0.1, 0.15) is 17.2 Å². The molecule has 0 saturated heterocycles. The third-order valence-corrected chi connectivity index (χ3v) is 5.77. The highest BCUT2D eigenvalue weighted by Crippen LogP contribution is 2.29. The third-order valence-electron chi connectivity index (χ3n) is 5.77. The lowest BCUT2D eigenvalue weighted by molar-refractivity contribution is -0.115. The van der Waals surface area contributed by atoms with Crippen LogP contribution in [0.15, 0.2) is 60.8 Å². The summed E-state index contributed by atoms with van der Waals surface area (Å²) in [5.41, 5.74) is 6.66. The van der Waals surface area contributed by atoms with Crippen LogP contribution in [0.5, 0.6) is 0 Å². The van der Waals surface area contributed by atoms with Crippen molar-refractivity contribution in [2.45, 2.75) is 34.1 Å². The molecule has 5 aromatic rings. The molecule has 0 saturated carbocycles. The zero-order valence-electron chi connectivity index (χ0n) is 19.6. The van der Waals surface area contributed by atoms with Crippen molar-refractivity contribution in [3.8, 4) is 17.2 Å². The van der Waals surface area contributed by atoms with Crippen molar-refractivity contribution in [3.05, 3.63) is 89.1 Å². The Hall–Kier alpha value is -4.33. The number of hydrogen-bond acceptors (Lipinski definition) is 5. The number of fused-ring (bicyclic) bond motifs is 1. The topological polar surface area (TPSA) is 90.0 Å². The number of imidazole rings is 1. The number of aromatic nitrogens is 6. The predicted octanol–water partition coefficient (Wildman–Crippen LogP) is 4.39. The van der Waals surface area contributed by atoms with E-state index in [1.54, 1.807) is 4.68 Å². The van der Waals surface area contributed by atoms with E-state index in [1.807, 2.05) is 92.9 Å². The van der Waals surface area contributed by atoms with Gasteiger partial charge in [0.15, 0.2) is 0 Å². The van der Waals surface area contributed by atoms with Crippen molar-refractivity contribution in [2.24, 2.45) is 0 Å². The van der Waals surface area contributed by atoms with Gasteiger partial charge in [-0.1, -0.05) is 36.4 Å². The second kappa shape index (κ2) is 8.55. The van der Waals surface area contributed by atoms with E-state index in [0.29, 0.717) is 11.8 Å². The minimum atomic E-state index is -0.144. The van der Waals surface area contributed by atoms with E-state index in [2.05, 4.69) is 20.4 Å². The molecule has 1 aromatic carbocycles. The number of anilines is 1. The van der Waals surface area contributed by atoms with Gasteiger partial charge in [-0.2, -0.15) is 5.10 Å². The summed E-state index contributed by atoms with van der Waals surface area (Å²) in [6.07, 6.45) is 2.08. The first-order valence-electron chi connectivity index (χ1n) is 11.1. The maximum atomic E-state index is 13.2. The maximum absolute atomic E-state index is 13.2. The zero-order valence-corrected chi connectivity index (χ0v) is 19.6. The van der Waals surface area contributed by atoms with Crippen LogP contribution in [0.1, 0.15) is 28.3 Å². The largest absolute Gasteiger partial charge is 0.310 e. The summed E-state index contributed by atoms with van der Waals surface area (Å²) < 4.78 is 3.61. The van der Waals surface area contributed by atoms with Crippen molar-refractivity contribution in [3.63, 3.8) is 0 Å². The van der Waals surface area contributed by atoms with Gasteiger partial charge in [-0.05, 0) is 45.9 Å². The van der Waals surface area contributed by atoms with Gasteiger partial charge in [-0.15, -0.1) is 0 Å². The molecule has 0 bridgehead atoms. The summed E-state index contributed by atoms with van der Waals surface area (Å²) in [6.45, 7) is 7.70. The number of carbonyl (C=O) groups excluding carboxylic acids is 1. The SMILES string of the molecule is Cc1cc(C)nc(-n2nc(C)c(CC(=O)Nc3c(-c4ccccc4)nc4ccccn34)c2C)n1. The van der Waals surface area contributed by atoms with Gasteiger partial charge in [0.2, 0.25) is 5.91 Å². The van der Waals surface area contributed by atoms with Crippen LogP contribution in [-0.2, 0) is 11.2 Å². The Labute approximate surface area is 197 Å². The molecule has 8 heteroatoms. The third kappa shape index (κ3) is 3.94. The molecule has 4 heterocycles. The lowest BCUT2D eigenvalue weighted by Gasteiger charge is -2.09. The lowest BCUT2D eigenvalue weighted by atomic mass is 10.1. The summed E-state index contributed by atoms with van der Waals surface area (Å²) in [6, 6.07) is 17.5. The summed E-state index contributed by atoms with van der Waals surface area (Å²) in [4.78, 5) is 27.0. The summed E-state index contributed by atoms with van der Waals surface area (Å²) >= 11 is 0. The number of carbonyl (C=O) groups is 1. The fourth-order valence-corrected chi connectivity index (χ4v) is 4.18. The van der Waals surface area contributed by atoms with Gasteiger partial charge < -0.3 is 5.32 Å². The standard InChI is InChI=1S/C26H25N7O/c1-16-14-17(2)28-26(27-16)33-19(4)21(18(3)31-33)15-23(34)30-25-24(20-10-6-5-7-11-20)29-22-12-8-9-13-32(22)25/h5-14H,15H2,1-4H3,(H,30,34). The Morgan fingerprint density at radius 1 is 0.912 bits per heavy atom. The quantitative estimate of drug-likeness (QED) is 0.428. The van der Waals surface area contributed by atoms with Crippen LogP contribution in [0.25, 0.3) is 22.9 Å². The number of pyridine rings is 1. The van der Waals surface area contributed by atoms with Gasteiger partial charge in [0.05, 0.1) is 12.1 Å². The smallest absolute Gasteiger partial charge is 0.251 e. The average Bonchev–Trinajstić information content (AvgIpc) is 3.31. The van der Waals surface area contributed by atoms with Gasteiger partial charge in [-0.3, -0.25) is 9.20 Å². The van der Waals surface area contributed by atoms with E-state index >= 15 is 0 Å². The van der Waals surface area contributed by atoms with E-state index in [-0.39, 0.29) is 12.3 Å². The van der Waals surface area contributed by atoms with Crippen molar-refractivity contribution in [1.29, 1.82) is 0 Å². The van der Waals surface area contributed by atoms with Crippen molar-refractivity contribution in [1.82, 2.24) is 29.1 Å². The molecule has 0 aliphatic heterocycles. The molecule has 8 nitrogen and oxygen atoms in total. The molecule has 1 amide bonds. The number of aryl methyl sites for hydroxylation is 3. The molecule has 0 fully saturated rings. The van der Waals surface area contributed by atoms with Crippen LogP contribution in [0, 0.1) is 27.7 Å². The number of benzene rings is 1. The summed E-state index contributed by atoms with van der Waals surface area (Å²) in [5, 5.41) is 7.72. The van der Waals surface area contributed by atoms with E-state index < -0.39 is 0 Å². The first-order chi connectivity index (χ1) is 16.4. The summed E-state index contributed by atoms with van der Waals surface area (Å²) in [5.74, 6) is 1.01. The van der Waals surface area contributed by atoms with Gasteiger partial charge in [0, 0.05) is 34.4 Å². The number of rotatable bonds is 5.